The summed E-state index contributed by atoms with van der Waals surface area (Å²) in [7, 11) is 0. The molecule has 1 saturated heterocycles. The molecule has 6 heteroatoms. The summed E-state index contributed by atoms with van der Waals surface area (Å²) in [5.41, 5.74) is 4.10. The van der Waals surface area contributed by atoms with Gasteiger partial charge in [-0.05, 0) is 36.8 Å². The minimum atomic E-state index is 0.121. The van der Waals surface area contributed by atoms with Gasteiger partial charge in [0.1, 0.15) is 6.54 Å². The molecule has 0 aliphatic carbocycles. The van der Waals surface area contributed by atoms with Gasteiger partial charge in [-0.15, -0.1) is 0 Å². The van der Waals surface area contributed by atoms with Crippen LogP contribution in [0, 0.1) is 6.92 Å². The number of rotatable bonds is 4. The first kappa shape index (κ1) is 18.9. The Morgan fingerprint density at radius 2 is 2.00 bits per heavy atom. The molecule has 0 saturated carbocycles. The summed E-state index contributed by atoms with van der Waals surface area (Å²) in [5.74, 6) is 0.121. The van der Waals surface area contributed by atoms with Crippen LogP contribution in [0.3, 0.4) is 0 Å². The monoisotopic (exact) mass is 439 g/mol. The van der Waals surface area contributed by atoms with E-state index in [2.05, 4.69) is 27.0 Å². The number of fused-ring (bicyclic) bond motifs is 1. The number of carbonyl (C=O) groups excluding carboxylic acids is 1. The number of morpholine rings is 1. The smallest absolute Gasteiger partial charge is 0.242 e. The highest BCUT2D eigenvalue weighted by Crippen LogP contribution is 2.24. The number of hydrogen-bond acceptors (Lipinski definition) is 3. The van der Waals surface area contributed by atoms with Crippen molar-refractivity contribution in [1.29, 1.82) is 0 Å². The van der Waals surface area contributed by atoms with E-state index in [1.54, 1.807) is 0 Å². The van der Waals surface area contributed by atoms with Crippen LogP contribution in [0.25, 0.3) is 10.9 Å². The average molecular weight is 440 g/mol. The number of ether oxygens (including phenoxy) is 1. The van der Waals surface area contributed by atoms with E-state index in [-0.39, 0.29) is 5.91 Å². The Hall–Kier alpha value is -2.44. The molecule has 4 rings (SSSR count). The fraction of sp³-hybridized carbons (Fsp3) is 0.273. The van der Waals surface area contributed by atoms with Crippen molar-refractivity contribution in [3.63, 3.8) is 0 Å². The standard InChI is InChI=1S/C22H22BrN3O2/c1-16-12-18(6-7-20(16)23)24-13-17-14-26(21-5-3-2-4-19(17)21)15-22(27)25-8-10-28-11-9-25/h2-7,12-14H,8-11,15H2,1H3. The molecular weight excluding hydrogens is 418 g/mol. The van der Waals surface area contributed by atoms with Crippen molar-refractivity contribution < 1.29 is 9.53 Å². The zero-order chi connectivity index (χ0) is 19.5. The Balaban J connectivity index is 1.61. The van der Waals surface area contributed by atoms with E-state index >= 15 is 0 Å². The number of benzene rings is 2. The van der Waals surface area contributed by atoms with E-state index in [4.69, 9.17) is 4.74 Å². The summed E-state index contributed by atoms with van der Waals surface area (Å²) in [4.78, 5) is 19.2. The average Bonchev–Trinajstić information content (AvgIpc) is 3.07. The third kappa shape index (κ3) is 4.03. The van der Waals surface area contributed by atoms with Crippen molar-refractivity contribution in [2.24, 2.45) is 4.99 Å². The zero-order valence-electron chi connectivity index (χ0n) is 15.8. The molecule has 0 spiro atoms. The number of carbonyl (C=O) groups is 1. The second-order valence-corrected chi connectivity index (χ2v) is 7.77. The van der Waals surface area contributed by atoms with E-state index in [9.17, 15) is 4.79 Å². The zero-order valence-corrected chi connectivity index (χ0v) is 17.4. The van der Waals surface area contributed by atoms with E-state index in [0.717, 1.165) is 32.2 Å². The number of nitrogens with zero attached hydrogens (tertiary/aromatic N) is 3. The second kappa shape index (κ2) is 8.29. The van der Waals surface area contributed by atoms with Crippen LogP contribution in [0.15, 0.2) is 58.1 Å². The molecular formula is C22H22BrN3O2. The number of aryl methyl sites for hydroxylation is 1. The molecule has 0 atom stereocenters. The number of halogens is 1. The Morgan fingerprint density at radius 1 is 1.21 bits per heavy atom. The summed E-state index contributed by atoms with van der Waals surface area (Å²) in [5, 5.41) is 1.09. The van der Waals surface area contributed by atoms with Crippen molar-refractivity contribution in [1.82, 2.24) is 9.47 Å². The van der Waals surface area contributed by atoms with Gasteiger partial charge >= 0.3 is 0 Å². The van der Waals surface area contributed by atoms with Crippen LogP contribution in [0.4, 0.5) is 5.69 Å². The van der Waals surface area contributed by atoms with Crippen LogP contribution < -0.4 is 0 Å². The second-order valence-electron chi connectivity index (χ2n) is 6.91. The molecule has 2 heterocycles. The van der Waals surface area contributed by atoms with Gasteiger partial charge in [0.15, 0.2) is 0 Å². The first-order valence-corrected chi connectivity index (χ1v) is 10.1. The predicted molar refractivity (Wildman–Crippen MR) is 115 cm³/mol. The molecule has 144 valence electrons. The summed E-state index contributed by atoms with van der Waals surface area (Å²) in [6.07, 6.45) is 3.89. The maximum Gasteiger partial charge on any atom is 0.242 e. The summed E-state index contributed by atoms with van der Waals surface area (Å²) in [6.45, 7) is 4.92. The van der Waals surface area contributed by atoms with Crippen LogP contribution in [0.2, 0.25) is 0 Å². The number of hydrogen-bond donors (Lipinski definition) is 0. The number of aliphatic imine (C=N–C) groups is 1. The van der Waals surface area contributed by atoms with Gasteiger partial charge in [-0.25, -0.2) is 0 Å². The maximum atomic E-state index is 12.7. The predicted octanol–water partition coefficient (Wildman–Crippen LogP) is 4.32. The quantitative estimate of drug-likeness (QED) is 0.568. The van der Waals surface area contributed by atoms with Crippen molar-refractivity contribution in [2.75, 3.05) is 26.3 Å². The van der Waals surface area contributed by atoms with E-state index in [1.807, 2.05) is 65.2 Å². The molecule has 0 bridgehead atoms. The van der Waals surface area contributed by atoms with E-state index in [1.165, 1.54) is 0 Å². The maximum absolute atomic E-state index is 12.7. The third-order valence-corrected chi connectivity index (χ3v) is 5.87. The van der Waals surface area contributed by atoms with Gasteiger partial charge in [0, 0.05) is 46.4 Å². The van der Waals surface area contributed by atoms with Crippen LogP contribution in [-0.2, 0) is 16.1 Å². The normalized spacial score (nSPS) is 14.9. The van der Waals surface area contributed by atoms with Crippen molar-refractivity contribution in [3.8, 4) is 0 Å². The molecule has 0 radical (unpaired) electrons. The van der Waals surface area contributed by atoms with Gasteiger partial charge < -0.3 is 14.2 Å². The van der Waals surface area contributed by atoms with Gasteiger partial charge in [-0.1, -0.05) is 34.1 Å². The molecule has 2 aromatic carbocycles. The Labute approximate surface area is 172 Å². The molecule has 3 aromatic rings. The first-order valence-electron chi connectivity index (χ1n) is 9.35. The van der Waals surface area contributed by atoms with Gasteiger partial charge in [0.05, 0.1) is 18.9 Å². The molecule has 1 aliphatic heterocycles. The SMILES string of the molecule is Cc1cc(N=Cc2cn(CC(=O)N3CCOCC3)c3ccccc23)ccc1Br. The molecule has 1 aliphatic rings. The number of aromatic nitrogens is 1. The molecule has 28 heavy (non-hydrogen) atoms. The Bertz CT molecular complexity index is 1040. The lowest BCUT2D eigenvalue weighted by Crippen LogP contribution is -2.42. The van der Waals surface area contributed by atoms with E-state index in [0.29, 0.717) is 32.8 Å². The van der Waals surface area contributed by atoms with E-state index < -0.39 is 0 Å². The third-order valence-electron chi connectivity index (χ3n) is 4.98. The molecule has 1 amide bonds. The topological polar surface area (TPSA) is 46.8 Å². The van der Waals surface area contributed by atoms with Crippen molar-refractivity contribution >= 4 is 44.6 Å². The van der Waals surface area contributed by atoms with Crippen LogP contribution in [0.5, 0.6) is 0 Å². The number of amides is 1. The Morgan fingerprint density at radius 3 is 2.79 bits per heavy atom. The summed E-state index contributed by atoms with van der Waals surface area (Å²) in [6, 6.07) is 14.2. The lowest BCUT2D eigenvalue weighted by Gasteiger charge is -2.27. The molecule has 0 unspecified atom stereocenters. The van der Waals surface area contributed by atoms with Crippen LogP contribution in [0.1, 0.15) is 11.1 Å². The lowest BCUT2D eigenvalue weighted by atomic mass is 10.2. The van der Waals surface area contributed by atoms with Crippen molar-refractivity contribution in [2.45, 2.75) is 13.5 Å². The van der Waals surface area contributed by atoms with Crippen molar-refractivity contribution in [3.05, 3.63) is 64.3 Å². The highest BCUT2D eigenvalue weighted by molar-refractivity contribution is 9.10. The number of para-hydroxylation sites is 1. The summed E-state index contributed by atoms with van der Waals surface area (Å²) >= 11 is 3.52. The first-order chi connectivity index (χ1) is 13.6. The fourth-order valence-electron chi connectivity index (χ4n) is 3.42. The summed E-state index contributed by atoms with van der Waals surface area (Å²) < 4.78 is 8.43. The van der Waals surface area contributed by atoms with Gasteiger partial charge in [-0.3, -0.25) is 9.79 Å². The Kier molecular flexibility index (Phi) is 5.59. The van der Waals surface area contributed by atoms with Crippen LogP contribution >= 0.6 is 15.9 Å². The minimum Gasteiger partial charge on any atom is -0.378 e. The highest BCUT2D eigenvalue weighted by Gasteiger charge is 2.18. The van der Waals surface area contributed by atoms with Gasteiger partial charge in [0.25, 0.3) is 0 Å². The van der Waals surface area contributed by atoms with Crippen LogP contribution in [-0.4, -0.2) is 47.9 Å². The lowest BCUT2D eigenvalue weighted by molar-refractivity contribution is -0.135. The molecule has 1 fully saturated rings. The minimum absolute atomic E-state index is 0.121. The largest absolute Gasteiger partial charge is 0.378 e. The van der Waals surface area contributed by atoms with Gasteiger partial charge in [-0.2, -0.15) is 0 Å². The molecule has 0 N–H and O–H groups in total. The highest BCUT2D eigenvalue weighted by atomic mass is 79.9. The van der Waals surface area contributed by atoms with Gasteiger partial charge in [0.2, 0.25) is 5.91 Å². The fourth-order valence-corrected chi connectivity index (χ4v) is 3.67. The molecule has 5 nitrogen and oxygen atoms in total. The molecule has 1 aromatic heterocycles.